The highest BCUT2D eigenvalue weighted by Gasteiger charge is 2.54. The van der Waals surface area contributed by atoms with Gasteiger partial charge in [-0.3, -0.25) is 9.59 Å². The molecule has 0 aromatic heterocycles. The van der Waals surface area contributed by atoms with E-state index in [9.17, 15) is 9.59 Å². The Kier molecular flexibility index (Phi) is 6.75. The Morgan fingerprint density at radius 1 is 1.10 bits per heavy atom. The molecular weight excluding hydrogens is 404 g/mol. The molecule has 3 fully saturated rings. The number of carbonyl (C=O) groups is 2. The van der Waals surface area contributed by atoms with Gasteiger partial charge in [-0.2, -0.15) is 11.8 Å². The molecule has 158 valence electrons. The molecule has 4 rings (SSSR count). The first-order valence-electron chi connectivity index (χ1n) is 11.1. The smallest absolute Gasteiger partial charge is 0.247 e. The van der Waals surface area contributed by atoms with E-state index in [1.807, 2.05) is 40.9 Å². The molecule has 1 aromatic carbocycles. The van der Waals surface area contributed by atoms with Gasteiger partial charge in [0, 0.05) is 35.0 Å². The number of rotatable bonds is 4. The van der Waals surface area contributed by atoms with E-state index in [-0.39, 0.29) is 23.1 Å². The van der Waals surface area contributed by atoms with Crippen LogP contribution < -0.4 is 5.32 Å². The Hall–Kier alpha value is -1.20. The predicted octanol–water partition coefficient (Wildman–Crippen LogP) is 4.94. The molecule has 1 heterocycles. The first-order chi connectivity index (χ1) is 14.1. The van der Waals surface area contributed by atoms with Crippen LogP contribution in [0.15, 0.2) is 24.3 Å². The van der Waals surface area contributed by atoms with E-state index in [0.29, 0.717) is 18.0 Å². The minimum absolute atomic E-state index is 0.0887. The zero-order valence-electron chi connectivity index (χ0n) is 17.0. The third-order valence-corrected chi connectivity index (χ3v) is 8.53. The van der Waals surface area contributed by atoms with Crippen molar-refractivity contribution in [2.75, 3.05) is 5.75 Å². The quantitative estimate of drug-likeness (QED) is 0.730. The van der Waals surface area contributed by atoms with E-state index in [2.05, 4.69) is 5.32 Å². The molecule has 0 spiro atoms. The van der Waals surface area contributed by atoms with Gasteiger partial charge in [0.15, 0.2) is 0 Å². The number of thioether (sulfide) groups is 1. The van der Waals surface area contributed by atoms with Crippen molar-refractivity contribution < 1.29 is 9.59 Å². The molecule has 3 aliphatic rings. The summed E-state index contributed by atoms with van der Waals surface area (Å²) in [4.78, 5) is 29.0. The van der Waals surface area contributed by atoms with E-state index in [0.717, 1.165) is 49.8 Å². The topological polar surface area (TPSA) is 49.4 Å². The number of nitrogens with zero attached hydrogens (tertiary/aromatic N) is 1. The molecule has 1 saturated heterocycles. The number of carbonyl (C=O) groups excluding carboxylic acids is 2. The van der Waals surface area contributed by atoms with Crippen LogP contribution in [0.1, 0.15) is 69.8 Å². The van der Waals surface area contributed by atoms with Crippen LogP contribution in [0.2, 0.25) is 5.02 Å². The average molecular weight is 435 g/mol. The minimum Gasteiger partial charge on any atom is -0.351 e. The number of fused-ring (bicyclic) bond motifs is 1. The lowest BCUT2D eigenvalue weighted by atomic mass is 9.77. The standard InChI is InChI=1S/C23H31ClN2O2S/c24-18-11-9-17(10-12-18)16-26-21(27)13-15-29-20-8-4-5-14-23(20,26)22(28)25-19-6-2-1-3-7-19/h9-12,19-20H,1-8,13-16H2,(H,25,28)/t20-,23-/m1/s1. The summed E-state index contributed by atoms with van der Waals surface area (Å²) >= 11 is 7.89. The molecule has 1 aliphatic heterocycles. The Balaban J connectivity index is 1.66. The van der Waals surface area contributed by atoms with Crippen LogP contribution in [0.5, 0.6) is 0 Å². The van der Waals surface area contributed by atoms with Gasteiger partial charge >= 0.3 is 0 Å². The van der Waals surface area contributed by atoms with E-state index in [1.165, 1.54) is 19.3 Å². The second-order valence-electron chi connectivity index (χ2n) is 8.69. The molecule has 2 amide bonds. The van der Waals surface area contributed by atoms with Gasteiger partial charge in [0.25, 0.3) is 0 Å². The third-order valence-electron chi connectivity index (χ3n) is 6.81. The lowest BCUT2D eigenvalue weighted by molar-refractivity contribution is -0.150. The van der Waals surface area contributed by atoms with Crippen LogP contribution in [0.4, 0.5) is 0 Å². The van der Waals surface area contributed by atoms with Crippen molar-refractivity contribution in [1.29, 1.82) is 0 Å². The van der Waals surface area contributed by atoms with Gasteiger partial charge in [-0.05, 0) is 43.4 Å². The maximum Gasteiger partial charge on any atom is 0.247 e. The zero-order chi connectivity index (χ0) is 20.3. The fourth-order valence-electron chi connectivity index (χ4n) is 5.24. The monoisotopic (exact) mass is 434 g/mol. The van der Waals surface area contributed by atoms with Crippen LogP contribution in [0.3, 0.4) is 0 Å². The van der Waals surface area contributed by atoms with Gasteiger partial charge in [0.1, 0.15) is 5.54 Å². The van der Waals surface area contributed by atoms with Crippen molar-refractivity contribution in [2.45, 2.75) is 87.6 Å². The SMILES string of the molecule is O=C1CCS[C@@H]2CCCC[C@@]2(C(=O)NC2CCCCC2)N1Cc1ccc(Cl)cc1. The first kappa shape index (κ1) is 21.0. The molecule has 1 aromatic rings. The third kappa shape index (κ3) is 4.46. The Bertz CT molecular complexity index is 735. The van der Waals surface area contributed by atoms with E-state index in [1.54, 1.807) is 0 Å². The van der Waals surface area contributed by atoms with Gasteiger partial charge in [0.05, 0.1) is 0 Å². The second-order valence-corrected chi connectivity index (χ2v) is 10.4. The maximum atomic E-state index is 13.8. The summed E-state index contributed by atoms with van der Waals surface area (Å²) in [6.45, 7) is 0.477. The second kappa shape index (κ2) is 9.30. The molecule has 4 nitrogen and oxygen atoms in total. The van der Waals surface area contributed by atoms with Gasteiger partial charge < -0.3 is 10.2 Å². The number of amides is 2. The fraction of sp³-hybridized carbons (Fsp3) is 0.652. The number of hydrogen-bond acceptors (Lipinski definition) is 3. The fourth-order valence-corrected chi connectivity index (χ4v) is 6.91. The maximum absolute atomic E-state index is 13.8. The van der Waals surface area contributed by atoms with E-state index >= 15 is 0 Å². The van der Waals surface area contributed by atoms with Crippen molar-refractivity contribution in [3.8, 4) is 0 Å². The summed E-state index contributed by atoms with van der Waals surface area (Å²) in [7, 11) is 0. The number of halogens is 1. The highest BCUT2D eigenvalue weighted by Crippen LogP contribution is 2.44. The normalized spacial score (nSPS) is 28.5. The van der Waals surface area contributed by atoms with Crippen molar-refractivity contribution in [3.63, 3.8) is 0 Å². The molecule has 0 bridgehead atoms. The largest absolute Gasteiger partial charge is 0.351 e. The van der Waals surface area contributed by atoms with Crippen LogP contribution in [0, 0.1) is 0 Å². The van der Waals surface area contributed by atoms with Crippen molar-refractivity contribution in [1.82, 2.24) is 10.2 Å². The van der Waals surface area contributed by atoms with Crippen molar-refractivity contribution in [2.24, 2.45) is 0 Å². The molecular formula is C23H31ClN2O2S. The van der Waals surface area contributed by atoms with E-state index in [4.69, 9.17) is 11.6 Å². The van der Waals surface area contributed by atoms with Crippen LogP contribution in [0.25, 0.3) is 0 Å². The predicted molar refractivity (Wildman–Crippen MR) is 119 cm³/mol. The summed E-state index contributed by atoms with van der Waals surface area (Å²) in [6, 6.07) is 7.92. The van der Waals surface area contributed by atoms with Crippen LogP contribution in [-0.4, -0.2) is 39.3 Å². The summed E-state index contributed by atoms with van der Waals surface area (Å²) in [5, 5.41) is 4.25. The first-order valence-corrected chi connectivity index (χ1v) is 12.5. The molecule has 0 radical (unpaired) electrons. The Morgan fingerprint density at radius 2 is 1.83 bits per heavy atom. The molecule has 0 unspecified atom stereocenters. The lowest BCUT2D eigenvalue weighted by Gasteiger charge is -2.49. The van der Waals surface area contributed by atoms with Crippen LogP contribution in [-0.2, 0) is 16.1 Å². The highest BCUT2D eigenvalue weighted by atomic mass is 35.5. The van der Waals surface area contributed by atoms with Crippen LogP contribution >= 0.6 is 23.4 Å². The molecule has 2 aliphatic carbocycles. The molecule has 2 saturated carbocycles. The summed E-state index contributed by atoms with van der Waals surface area (Å²) in [6.07, 6.45) is 10.2. The summed E-state index contributed by atoms with van der Waals surface area (Å²) in [5.74, 6) is 1.00. The van der Waals surface area contributed by atoms with Gasteiger partial charge in [0.2, 0.25) is 11.8 Å². The molecule has 1 N–H and O–H groups in total. The van der Waals surface area contributed by atoms with Gasteiger partial charge in [-0.15, -0.1) is 0 Å². The zero-order valence-corrected chi connectivity index (χ0v) is 18.6. The van der Waals surface area contributed by atoms with E-state index < -0.39 is 5.54 Å². The van der Waals surface area contributed by atoms with Crippen molar-refractivity contribution >= 4 is 35.2 Å². The molecule has 6 heteroatoms. The lowest BCUT2D eigenvalue weighted by Crippen LogP contribution is -2.66. The van der Waals surface area contributed by atoms with Crippen molar-refractivity contribution in [3.05, 3.63) is 34.9 Å². The summed E-state index contributed by atoms with van der Waals surface area (Å²) in [5.41, 5.74) is 0.303. The molecule has 2 atom stereocenters. The number of nitrogens with one attached hydrogen (secondary N) is 1. The number of hydrogen-bond donors (Lipinski definition) is 1. The minimum atomic E-state index is -0.729. The Morgan fingerprint density at radius 3 is 2.59 bits per heavy atom. The summed E-state index contributed by atoms with van der Waals surface area (Å²) < 4.78 is 0. The van der Waals surface area contributed by atoms with Gasteiger partial charge in [-0.25, -0.2) is 0 Å². The average Bonchev–Trinajstić information content (AvgIpc) is 2.88. The highest BCUT2D eigenvalue weighted by molar-refractivity contribution is 8.00. The Labute approximate surface area is 183 Å². The van der Waals surface area contributed by atoms with Gasteiger partial charge in [-0.1, -0.05) is 55.8 Å². The number of benzene rings is 1. The molecule has 29 heavy (non-hydrogen) atoms.